The van der Waals surface area contributed by atoms with Crippen molar-refractivity contribution in [3.8, 4) is 0 Å². The molecule has 1 aliphatic rings. The molecule has 1 unspecified atom stereocenters. The predicted molar refractivity (Wildman–Crippen MR) is 72.9 cm³/mol. The molecule has 1 aromatic rings. The summed E-state index contributed by atoms with van der Waals surface area (Å²) in [6.07, 6.45) is 2.42. The van der Waals surface area contributed by atoms with Gasteiger partial charge in [0.2, 0.25) is 0 Å². The van der Waals surface area contributed by atoms with Gasteiger partial charge in [-0.05, 0) is 44.5 Å². The number of piperidine rings is 1. The van der Waals surface area contributed by atoms with Gasteiger partial charge >= 0.3 is 0 Å². The van der Waals surface area contributed by atoms with E-state index in [2.05, 4.69) is 17.1 Å². The van der Waals surface area contributed by atoms with Crippen LogP contribution >= 0.6 is 0 Å². The molecule has 4 heteroatoms. The minimum atomic E-state index is -0.757. The first-order valence-corrected chi connectivity index (χ1v) is 7.06. The minimum Gasteiger partial charge on any atom is -0.316 e. The third-order valence-corrected chi connectivity index (χ3v) is 3.79. The number of benzene rings is 1. The van der Waals surface area contributed by atoms with E-state index in [1.807, 2.05) is 0 Å². The van der Waals surface area contributed by atoms with Crippen molar-refractivity contribution in [3.63, 3.8) is 0 Å². The second kappa shape index (κ2) is 6.96. The Bertz CT molecular complexity index is 403. The molecule has 0 spiro atoms. The van der Waals surface area contributed by atoms with E-state index in [4.69, 9.17) is 0 Å². The fourth-order valence-corrected chi connectivity index (χ4v) is 2.66. The van der Waals surface area contributed by atoms with Gasteiger partial charge in [-0.1, -0.05) is 19.1 Å². The van der Waals surface area contributed by atoms with Crippen molar-refractivity contribution in [2.24, 2.45) is 5.92 Å². The van der Waals surface area contributed by atoms with Crippen LogP contribution in [0.1, 0.15) is 25.3 Å². The van der Waals surface area contributed by atoms with Crippen molar-refractivity contribution < 1.29 is 8.78 Å². The van der Waals surface area contributed by atoms with Crippen molar-refractivity contribution in [3.05, 3.63) is 35.4 Å². The Kier molecular flexibility index (Phi) is 5.28. The Morgan fingerprint density at radius 1 is 1.37 bits per heavy atom. The monoisotopic (exact) mass is 268 g/mol. The summed E-state index contributed by atoms with van der Waals surface area (Å²) in [5, 5.41) is 3.39. The van der Waals surface area contributed by atoms with Crippen LogP contribution in [0.2, 0.25) is 0 Å². The molecule has 0 aliphatic carbocycles. The van der Waals surface area contributed by atoms with E-state index in [9.17, 15) is 8.78 Å². The minimum absolute atomic E-state index is 0.450. The van der Waals surface area contributed by atoms with Gasteiger partial charge in [0.15, 0.2) is 11.6 Å². The highest BCUT2D eigenvalue weighted by atomic mass is 19.2. The SMILES string of the molecule is CCN(Cc1cccc(F)c1F)CC1CCCNC1. The highest BCUT2D eigenvalue weighted by Crippen LogP contribution is 2.17. The molecule has 1 fully saturated rings. The third kappa shape index (κ3) is 3.98. The average Bonchev–Trinajstić information content (AvgIpc) is 2.44. The lowest BCUT2D eigenvalue weighted by Crippen LogP contribution is -2.38. The van der Waals surface area contributed by atoms with Gasteiger partial charge in [0, 0.05) is 18.7 Å². The van der Waals surface area contributed by atoms with E-state index in [1.165, 1.54) is 18.9 Å². The fraction of sp³-hybridized carbons (Fsp3) is 0.600. The van der Waals surface area contributed by atoms with Crippen LogP contribution in [-0.4, -0.2) is 31.1 Å². The fourth-order valence-electron chi connectivity index (χ4n) is 2.66. The second-order valence-corrected chi connectivity index (χ2v) is 5.25. The smallest absolute Gasteiger partial charge is 0.163 e. The van der Waals surface area contributed by atoms with Crippen molar-refractivity contribution in [1.29, 1.82) is 0 Å². The quantitative estimate of drug-likeness (QED) is 0.883. The zero-order valence-corrected chi connectivity index (χ0v) is 11.5. The van der Waals surface area contributed by atoms with Gasteiger partial charge in [0.1, 0.15) is 0 Å². The number of hydrogen-bond donors (Lipinski definition) is 1. The molecular weight excluding hydrogens is 246 g/mol. The molecule has 19 heavy (non-hydrogen) atoms. The molecule has 0 bridgehead atoms. The molecule has 106 valence electrons. The van der Waals surface area contributed by atoms with Crippen molar-refractivity contribution in [2.45, 2.75) is 26.3 Å². The standard InChI is InChI=1S/C15H22F2N2/c1-2-19(10-12-5-4-8-18-9-12)11-13-6-3-7-14(16)15(13)17/h3,6-7,12,18H,2,4-5,8-11H2,1H3. The summed E-state index contributed by atoms with van der Waals surface area (Å²) in [4.78, 5) is 2.19. The van der Waals surface area contributed by atoms with Crippen LogP contribution in [0.15, 0.2) is 18.2 Å². The van der Waals surface area contributed by atoms with Gasteiger partial charge in [-0.25, -0.2) is 8.78 Å². The molecule has 1 heterocycles. The van der Waals surface area contributed by atoms with Crippen LogP contribution in [-0.2, 0) is 6.54 Å². The molecule has 0 saturated carbocycles. The van der Waals surface area contributed by atoms with Crippen LogP contribution in [0.4, 0.5) is 8.78 Å². The largest absolute Gasteiger partial charge is 0.316 e. The highest BCUT2D eigenvalue weighted by molar-refractivity contribution is 5.18. The van der Waals surface area contributed by atoms with Gasteiger partial charge in [0.25, 0.3) is 0 Å². The zero-order chi connectivity index (χ0) is 13.7. The van der Waals surface area contributed by atoms with E-state index in [0.29, 0.717) is 18.0 Å². The maximum Gasteiger partial charge on any atom is 0.163 e. The number of nitrogens with zero attached hydrogens (tertiary/aromatic N) is 1. The Hall–Kier alpha value is -1.00. The molecule has 1 aromatic carbocycles. The number of hydrogen-bond acceptors (Lipinski definition) is 2. The maximum absolute atomic E-state index is 13.7. The van der Waals surface area contributed by atoms with Gasteiger partial charge in [0.05, 0.1) is 0 Å². The zero-order valence-electron chi connectivity index (χ0n) is 11.5. The van der Waals surface area contributed by atoms with Crippen molar-refractivity contribution >= 4 is 0 Å². The molecule has 0 aromatic heterocycles. The Morgan fingerprint density at radius 2 is 2.21 bits per heavy atom. The Labute approximate surface area is 113 Å². The predicted octanol–water partition coefficient (Wildman–Crippen LogP) is 2.79. The maximum atomic E-state index is 13.7. The van der Waals surface area contributed by atoms with Crippen LogP contribution in [0.25, 0.3) is 0 Å². The molecule has 0 amide bonds. The summed E-state index contributed by atoms with van der Waals surface area (Å²) >= 11 is 0. The van der Waals surface area contributed by atoms with Crippen LogP contribution in [0.5, 0.6) is 0 Å². The normalized spacial score (nSPS) is 19.9. The summed E-state index contributed by atoms with van der Waals surface area (Å²) in [6, 6.07) is 4.41. The molecule has 0 radical (unpaired) electrons. The summed E-state index contributed by atoms with van der Waals surface area (Å²) < 4.78 is 26.9. The molecule has 2 nitrogen and oxygen atoms in total. The van der Waals surface area contributed by atoms with Crippen LogP contribution in [0, 0.1) is 17.6 Å². The van der Waals surface area contributed by atoms with Crippen LogP contribution < -0.4 is 5.32 Å². The number of rotatable bonds is 5. The van der Waals surface area contributed by atoms with Gasteiger partial charge in [-0.2, -0.15) is 0 Å². The number of halogens is 2. The third-order valence-electron chi connectivity index (χ3n) is 3.79. The molecule has 1 atom stereocenters. The van der Waals surface area contributed by atoms with Gasteiger partial charge in [-0.3, -0.25) is 4.90 Å². The first-order valence-electron chi connectivity index (χ1n) is 7.06. The van der Waals surface area contributed by atoms with Crippen molar-refractivity contribution in [1.82, 2.24) is 10.2 Å². The number of nitrogens with one attached hydrogen (secondary N) is 1. The van der Waals surface area contributed by atoms with E-state index >= 15 is 0 Å². The second-order valence-electron chi connectivity index (χ2n) is 5.25. The summed E-state index contributed by atoms with van der Waals surface area (Å²) in [5.74, 6) is -0.846. The molecule has 1 N–H and O–H groups in total. The van der Waals surface area contributed by atoms with Crippen molar-refractivity contribution in [2.75, 3.05) is 26.2 Å². The molecule has 1 saturated heterocycles. The summed E-state index contributed by atoms with van der Waals surface area (Å²) in [7, 11) is 0. The van der Waals surface area contributed by atoms with E-state index in [-0.39, 0.29) is 0 Å². The molecular formula is C15H22F2N2. The van der Waals surface area contributed by atoms with Crippen LogP contribution in [0.3, 0.4) is 0 Å². The van der Waals surface area contributed by atoms with Gasteiger partial charge < -0.3 is 5.32 Å². The lowest BCUT2D eigenvalue weighted by Gasteiger charge is -2.29. The molecule has 1 aliphatic heterocycles. The van der Waals surface area contributed by atoms with Gasteiger partial charge in [-0.15, -0.1) is 0 Å². The summed E-state index contributed by atoms with van der Waals surface area (Å²) in [5.41, 5.74) is 0.450. The Morgan fingerprint density at radius 3 is 2.89 bits per heavy atom. The lowest BCUT2D eigenvalue weighted by molar-refractivity contribution is 0.207. The topological polar surface area (TPSA) is 15.3 Å². The summed E-state index contributed by atoms with van der Waals surface area (Å²) in [6.45, 7) is 6.47. The first-order chi connectivity index (χ1) is 9.20. The lowest BCUT2D eigenvalue weighted by atomic mass is 9.99. The van der Waals surface area contributed by atoms with E-state index in [0.717, 1.165) is 26.2 Å². The molecule has 2 rings (SSSR count). The Balaban J connectivity index is 1.96. The average molecular weight is 268 g/mol. The first kappa shape index (κ1) is 14.4. The van der Waals surface area contributed by atoms with E-state index < -0.39 is 11.6 Å². The van der Waals surface area contributed by atoms with E-state index in [1.54, 1.807) is 12.1 Å². The highest BCUT2D eigenvalue weighted by Gasteiger charge is 2.17.